The summed E-state index contributed by atoms with van der Waals surface area (Å²) in [7, 11) is 0. The number of carbonyl (C=O) groups is 2. The number of likely N-dealkylation sites (tertiary alicyclic amines) is 1. The highest BCUT2D eigenvalue weighted by atomic mass is 16.2. The van der Waals surface area contributed by atoms with Gasteiger partial charge in [0, 0.05) is 25.6 Å². The standard InChI is InChI=1S/C14H28N4O2/c15-9-5-2-1-3-8-13(19)18-10-6-4-7-12(18)11-17-14(16)20/h12H,1-11,15H2,(H3,16,17,20). The molecule has 0 aromatic heterocycles. The van der Waals surface area contributed by atoms with Crippen molar-refractivity contribution in [2.24, 2.45) is 11.5 Å². The minimum absolute atomic E-state index is 0.104. The average molecular weight is 284 g/mol. The van der Waals surface area contributed by atoms with Gasteiger partial charge in [-0.05, 0) is 38.6 Å². The fourth-order valence-electron chi connectivity index (χ4n) is 2.68. The summed E-state index contributed by atoms with van der Waals surface area (Å²) in [5.41, 5.74) is 10.5. The van der Waals surface area contributed by atoms with Crippen LogP contribution in [0.4, 0.5) is 4.79 Å². The lowest BCUT2D eigenvalue weighted by molar-refractivity contribution is -0.134. The Balaban J connectivity index is 2.32. The van der Waals surface area contributed by atoms with Crippen molar-refractivity contribution in [1.82, 2.24) is 10.2 Å². The third-order valence-electron chi connectivity index (χ3n) is 3.80. The van der Waals surface area contributed by atoms with Gasteiger partial charge in [0.1, 0.15) is 0 Å². The lowest BCUT2D eigenvalue weighted by Crippen LogP contribution is -2.50. The molecule has 1 saturated heterocycles. The molecule has 1 fully saturated rings. The van der Waals surface area contributed by atoms with E-state index in [1.165, 1.54) is 0 Å². The summed E-state index contributed by atoms with van der Waals surface area (Å²) in [5.74, 6) is 0.203. The summed E-state index contributed by atoms with van der Waals surface area (Å²) >= 11 is 0. The van der Waals surface area contributed by atoms with Crippen LogP contribution >= 0.6 is 0 Å². The van der Waals surface area contributed by atoms with Gasteiger partial charge >= 0.3 is 6.03 Å². The highest BCUT2D eigenvalue weighted by Crippen LogP contribution is 2.18. The van der Waals surface area contributed by atoms with Crippen LogP contribution < -0.4 is 16.8 Å². The quantitative estimate of drug-likeness (QED) is 0.578. The third kappa shape index (κ3) is 6.23. The fraction of sp³-hybridized carbons (Fsp3) is 0.857. The molecular weight excluding hydrogens is 256 g/mol. The number of piperidine rings is 1. The predicted molar refractivity (Wildman–Crippen MR) is 79.1 cm³/mol. The second kappa shape index (κ2) is 9.58. The maximum atomic E-state index is 12.2. The van der Waals surface area contributed by atoms with Gasteiger partial charge in [0.15, 0.2) is 0 Å². The molecule has 0 aliphatic carbocycles. The Morgan fingerprint density at radius 3 is 2.60 bits per heavy atom. The van der Waals surface area contributed by atoms with Crippen LogP contribution in [0.3, 0.4) is 0 Å². The molecule has 1 aliphatic rings. The summed E-state index contributed by atoms with van der Waals surface area (Å²) in [6.45, 7) is 1.99. The molecular formula is C14H28N4O2. The summed E-state index contributed by atoms with van der Waals surface area (Å²) in [6, 6.07) is -0.419. The Hall–Kier alpha value is -1.30. The number of carbonyl (C=O) groups excluding carboxylic acids is 2. The SMILES string of the molecule is NCCCCCCC(=O)N1CCCCC1CNC(N)=O. The number of unbranched alkanes of at least 4 members (excludes halogenated alkanes) is 3. The molecule has 1 heterocycles. The van der Waals surface area contributed by atoms with Gasteiger partial charge in [-0.1, -0.05) is 12.8 Å². The molecule has 0 spiro atoms. The largest absolute Gasteiger partial charge is 0.352 e. The number of rotatable bonds is 8. The first-order chi connectivity index (χ1) is 9.65. The first kappa shape index (κ1) is 16.8. The van der Waals surface area contributed by atoms with Crippen molar-refractivity contribution in [2.75, 3.05) is 19.6 Å². The first-order valence-corrected chi connectivity index (χ1v) is 7.68. The van der Waals surface area contributed by atoms with Gasteiger partial charge in [0.05, 0.1) is 0 Å². The molecule has 6 nitrogen and oxygen atoms in total. The highest BCUT2D eigenvalue weighted by Gasteiger charge is 2.26. The number of hydrogen-bond donors (Lipinski definition) is 3. The van der Waals surface area contributed by atoms with Gasteiger partial charge in [0.25, 0.3) is 0 Å². The number of nitrogens with two attached hydrogens (primary N) is 2. The number of hydrogen-bond acceptors (Lipinski definition) is 3. The van der Waals surface area contributed by atoms with Crippen molar-refractivity contribution in [3.63, 3.8) is 0 Å². The van der Waals surface area contributed by atoms with Gasteiger partial charge in [-0.25, -0.2) is 4.79 Å². The molecule has 1 rings (SSSR count). The van der Waals surface area contributed by atoms with Crippen molar-refractivity contribution < 1.29 is 9.59 Å². The second-order valence-corrected chi connectivity index (χ2v) is 5.43. The van der Waals surface area contributed by atoms with E-state index >= 15 is 0 Å². The monoisotopic (exact) mass is 284 g/mol. The van der Waals surface area contributed by atoms with E-state index in [1.54, 1.807) is 0 Å². The average Bonchev–Trinajstić information content (AvgIpc) is 2.45. The molecule has 0 aromatic rings. The molecule has 116 valence electrons. The Morgan fingerprint density at radius 1 is 1.15 bits per heavy atom. The van der Waals surface area contributed by atoms with E-state index in [1.807, 2.05) is 4.90 Å². The van der Waals surface area contributed by atoms with Crippen molar-refractivity contribution in [3.8, 4) is 0 Å². The zero-order valence-electron chi connectivity index (χ0n) is 12.3. The second-order valence-electron chi connectivity index (χ2n) is 5.43. The van der Waals surface area contributed by atoms with Crippen molar-refractivity contribution in [3.05, 3.63) is 0 Å². The van der Waals surface area contributed by atoms with Crippen LogP contribution in [-0.2, 0) is 4.79 Å². The molecule has 0 saturated carbocycles. The van der Waals surface area contributed by atoms with Gasteiger partial charge in [-0.15, -0.1) is 0 Å². The minimum atomic E-state index is -0.523. The Bertz CT molecular complexity index is 310. The summed E-state index contributed by atoms with van der Waals surface area (Å²) in [5, 5.41) is 2.62. The zero-order chi connectivity index (χ0) is 14.8. The van der Waals surface area contributed by atoms with Gasteiger partial charge in [-0.3, -0.25) is 4.79 Å². The molecule has 6 heteroatoms. The third-order valence-corrected chi connectivity index (χ3v) is 3.80. The molecule has 3 amide bonds. The summed E-state index contributed by atoms with van der Waals surface area (Å²) in [4.78, 5) is 25.0. The number of primary amides is 1. The van der Waals surface area contributed by atoms with Crippen LogP contribution in [0.25, 0.3) is 0 Å². The van der Waals surface area contributed by atoms with Crippen molar-refractivity contribution in [1.29, 1.82) is 0 Å². The lowest BCUT2D eigenvalue weighted by atomic mass is 10.0. The molecule has 0 radical (unpaired) electrons. The molecule has 5 N–H and O–H groups in total. The van der Waals surface area contributed by atoms with E-state index in [0.29, 0.717) is 13.0 Å². The number of urea groups is 1. The normalized spacial score (nSPS) is 18.9. The molecule has 0 bridgehead atoms. The van der Waals surface area contributed by atoms with E-state index in [0.717, 1.165) is 58.0 Å². The smallest absolute Gasteiger partial charge is 0.312 e. The molecule has 1 aliphatic heterocycles. The van der Waals surface area contributed by atoms with Gasteiger partial charge < -0.3 is 21.7 Å². The predicted octanol–water partition coefficient (Wildman–Crippen LogP) is 0.945. The first-order valence-electron chi connectivity index (χ1n) is 7.68. The van der Waals surface area contributed by atoms with Crippen molar-refractivity contribution >= 4 is 11.9 Å². The van der Waals surface area contributed by atoms with Crippen LogP contribution in [0, 0.1) is 0 Å². The van der Waals surface area contributed by atoms with E-state index in [9.17, 15) is 9.59 Å². The maximum Gasteiger partial charge on any atom is 0.312 e. The van der Waals surface area contributed by atoms with E-state index in [-0.39, 0.29) is 11.9 Å². The Labute approximate surface area is 121 Å². The van der Waals surface area contributed by atoms with Crippen LogP contribution in [0.1, 0.15) is 51.4 Å². The number of amides is 3. The Morgan fingerprint density at radius 2 is 1.90 bits per heavy atom. The number of nitrogens with zero attached hydrogens (tertiary/aromatic N) is 1. The van der Waals surface area contributed by atoms with Gasteiger partial charge in [-0.2, -0.15) is 0 Å². The van der Waals surface area contributed by atoms with Crippen molar-refractivity contribution in [2.45, 2.75) is 57.4 Å². The van der Waals surface area contributed by atoms with Crippen LogP contribution in [0.15, 0.2) is 0 Å². The molecule has 1 atom stereocenters. The zero-order valence-corrected chi connectivity index (χ0v) is 12.3. The topological polar surface area (TPSA) is 101 Å². The molecule has 20 heavy (non-hydrogen) atoms. The summed E-state index contributed by atoms with van der Waals surface area (Å²) in [6.07, 6.45) is 7.79. The Kier molecular flexibility index (Phi) is 8.02. The van der Waals surface area contributed by atoms with Crippen LogP contribution in [-0.4, -0.2) is 42.5 Å². The number of nitrogens with one attached hydrogen (secondary N) is 1. The minimum Gasteiger partial charge on any atom is -0.352 e. The summed E-state index contributed by atoms with van der Waals surface area (Å²) < 4.78 is 0. The van der Waals surface area contributed by atoms with Crippen LogP contribution in [0.5, 0.6) is 0 Å². The maximum absolute atomic E-state index is 12.2. The van der Waals surface area contributed by atoms with E-state index < -0.39 is 6.03 Å². The molecule has 0 aromatic carbocycles. The molecule has 1 unspecified atom stereocenters. The van der Waals surface area contributed by atoms with Crippen LogP contribution in [0.2, 0.25) is 0 Å². The van der Waals surface area contributed by atoms with E-state index in [2.05, 4.69) is 5.32 Å². The van der Waals surface area contributed by atoms with E-state index in [4.69, 9.17) is 11.5 Å². The van der Waals surface area contributed by atoms with Gasteiger partial charge in [0.2, 0.25) is 5.91 Å². The lowest BCUT2D eigenvalue weighted by Gasteiger charge is -2.36. The highest BCUT2D eigenvalue weighted by molar-refractivity contribution is 5.77. The fourth-order valence-corrected chi connectivity index (χ4v) is 2.68.